The van der Waals surface area contributed by atoms with Gasteiger partial charge in [-0.1, -0.05) is 0 Å². The Hall–Kier alpha value is -1.37. The lowest BCUT2D eigenvalue weighted by atomic mass is 10.1. The molecule has 1 aromatic carbocycles. The van der Waals surface area contributed by atoms with Crippen LogP contribution in [0.3, 0.4) is 0 Å². The van der Waals surface area contributed by atoms with Crippen molar-refractivity contribution < 1.29 is 4.74 Å². The topological polar surface area (TPSA) is 33.0 Å². The fourth-order valence-electron chi connectivity index (χ4n) is 1.48. The van der Waals surface area contributed by atoms with E-state index in [2.05, 4.69) is 12.1 Å². The van der Waals surface area contributed by atoms with Crippen molar-refractivity contribution in [3.8, 4) is 6.07 Å². The summed E-state index contributed by atoms with van der Waals surface area (Å²) in [4.78, 5) is 0. The Morgan fingerprint density at radius 2 is 2.36 bits per heavy atom. The van der Waals surface area contributed by atoms with Crippen LogP contribution in [0.4, 0.5) is 0 Å². The van der Waals surface area contributed by atoms with Gasteiger partial charge in [-0.15, -0.1) is 11.3 Å². The molecule has 0 saturated carbocycles. The van der Waals surface area contributed by atoms with Crippen molar-refractivity contribution in [3.05, 3.63) is 34.7 Å². The molecule has 1 aromatic heterocycles. The third-order valence-electron chi connectivity index (χ3n) is 2.04. The van der Waals surface area contributed by atoms with Gasteiger partial charge in [-0.05, 0) is 34.5 Å². The Labute approximate surface area is 86.4 Å². The molecule has 2 aromatic rings. The second-order valence-corrected chi connectivity index (χ2v) is 3.94. The van der Waals surface area contributed by atoms with Crippen LogP contribution in [0.25, 0.3) is 10.1 Å². The van der Waals surface area contributed by atoms with Crippen LogP contribution in [0.5, 0.6) is 0 Å². The summed E-state index contributed by atoms with van der Waals surface area (Å²) in [5.74, 6) is 0. The maximum atomic E-state index is 8.96. The zero-order chi connectivity index (χ0) is 9.97. The number of hydrogen-bond acceptors (Lipinski definition) is 3. The van der Waals surface area contributed by atoms with Crippen LogP contribution >= 0.6 is 11.3 Å². The number of nitrogens with zero attached hydrogens (tertiary/aromatic N) is 1. The first-order valence-corrected chi connectivity index (χ1v) is 5.12. The fraction of sp³-hybridized carbons (Fsp3) is 0.182. The molecule has 0 radical (unpaired) electrons. The van der Waals surface area contributed by atoms with E-state index in [4.69, 9.17) is 10.00 Å². The summed E-state index contributed by atoms with van der Waals surface area (Å²) in [7, 11) is 1.66. The minimum absolute atomic E-state index is 0.556. The molecule has 1 heterocycles. The maximum Gasteiger partial charge on any atom is 0.101 e. The third-order valence-corrected chi connectivity index (χ3v) is 3.01. The average Bonchev–Trinajstić information content (AvgIpc) is 2.65. The molecule has 0 atom stereocenters. The van der Waals surface area contributed by atoms with Crippen molar-refractivity contribution in [1.29, 1.82) is 5.26 Å². The molecule has 0 saturated heterocycles. The molecule has 0 N–H and O–H groups in total. The molecule has 2 nitrogen and oxygen atoms in total. The molecule has 2 rings (SSSR count). The van der Waals surface area contributed by atoms with Crippen LogP contribution in [0, 0.1) is 11.3 Å². The Bertz CT molecular complexity index is 495. The molecule has 0 spiro atoms. The monoisotopic (exact) mass is 203 g/mol. The van der Waals surface area contributed by atoms with E-state index in [9.17, 15) is 0 Å². The summed E-state index contributed by atoms with van der Waals surface area (Å²) in [6.07, 6.45) is 0. The van der Waals surface area contributed by atoms with Gasteiger partial charge in [0.25, 0.3) is 0 Å². The Morgan fingerprint density at radius 3 is 3.07 bits per heavy atom. The van der Waals surface area contributed by atoms with Gasteiger partial charge < -0.3 is 4.74 Å². The highest BCUT2D eigenvalue weighted by atomic mass is 32.1. The zero-order valence-electron chi connectivity index (χ0n) is 7.78. The summed E-state index contributed by atoms with van der Waals surface area (Å²) in [5, 5.41) is 12.1. The Balaban J connectivity index is 2.63. The van der Waals surface area contributed by atoms with Crippen molar-refractivity contribution in [2.24, 2.45) is 0 Å². The van der Waals surface area contributed by atoms with E-state index in [0.29, 0.717) is 6.61 Å². The van der Waals surface area contributed by atoms with E-state index in [1.54, 1.807) is 18.4 Å². The Morgan fingerprint density at radius 1 is 1.50 bits per heavy atom. The first-order chi connectivity index (χ1) is 6.85. The number of ether oxygens (including phenoxy) is 1. The Kier molecular flexibility index (Phi) is 2.49. The van der Waals surface area contributed by atoms with Gasteiger partial charge in [-0.2, -0.15) is 5.26 Å². The van der Waals surface area contributed by atoms with Crippen LogP contribution < -0.4 is 0 Å². The number of fused-ring (bicyclic) bond motifs is 1. The molecule has 0 fully saturated rings. The maximum absolute atomic E-state index is 8.96. The predicted octanol–water partition coefficient (Wildman–Crippen LogP) is 2.92. The quantitative estimate of drug-likeness (QED) is 0.751. The van der Waals surface area contributed by atoms with Crippen LogP contribution in [0.15, 0.2) is 23.6 Å². The van der Waals surface area contributed by atoms with Gasteiger partial charge >= 0.3 is 0 Å². The molecule has 14 heavy (non-hydrogen) atoms. The summed E-state index contributed by atoms with van der Waals surface area (Å²) in [6, 6.07) is 8.19. The number of rotatable bonds is 2. The van der Waals surface area contributed by atoms with Gasteiger partial charge in [-0.3, -0.25) is 0 Å². The summed E-state index contributed by atoms with van der Waals surface area (Å²) in [5.41, 5.74) is 1.79. The number of hydrogen-bond donors (Lipinski definition) is 0. The average molecular weight is 203 g/mol. The fourth-order valence-corrected chi connectivity index (χ4v) is 2.32. The second kappa shape index (κ2) is 3.79. The van der Waals surface area contributed by atoms with Crippen LogP contribution in [-0.4, -0.2) is 7.11 Å². The molecule has 0 aliphatic rings. The molecule has 3 heteroatoms. The SMILES string of the molecule is COCc1cc(C#N)c2sccc2c1. The van der Waals surface area contributed by atoms with E-state index in [-0.39, 0.29) is 0 Å². The van der Waals surface area contributed by atoms with Gasteiger partial charge in [0, 0.05) is 7.11 Å². The third kappa shape index (κ3) is 1.50. The summed E-state index contributed by atoms with van der Waals surface area (Å²) >= 11 is 1.60. The normalized spacial score (nSPS) is 10.3. The first-order valence-electron chi connectivity index (χ1n) is 4.24. The minimum Gasteiger partial charge on any atom is -0.380 e. The number of benzene rings is 1. The summed E-state index contributed by atoms with van der Waals surface area (Å²) in [6.45, 7) is 0.556. The second-order valence-electron chi connectivity index (χ2n) is 3.03. The highest BCUT2D eigenvalue weighted by Crippen LogP contribution is 2.26. The van der Waals surface area contributed by atoms with Gasteiger partial charge in [0.05, 0.1) is 16.9 Å². The van der Waals surface area contributed by atoms with Crippen molar-refractivity contribution in [1.82, 2.24) is 0 Å². The predicted molar refractivity (Wildman–Crippen MR) is 57.3 cm³/mol. The zero-order valence-corrected chi connectivity index (χ0v) is 8.60. The van der Waals surface area contributed by atoms with Crippen molar-refractivity contribution in [3.63, 3.8) is 0 Å². The number of methoxy groups -OCH3 is 1. The van der Waals surface area contributed by atoms with E-state index in [1.807, 2.05) is 17.5 Å². The minimum atomic E-state index is 0.556. The van der Waals surface area contributed by atoms with E-state index < -0.39 is 0 Å². The van der Waals surface area contributed by atoms with Crippen molar-refractivity contribution in [2.45, 2.75) is 6.61 Å². The molecule has 0 amide bonds. The highest BCUT2D eigenvalue weighted by Gasteiger charge is 2.04. The largest absolute Gasteiger partial charge is 0.380 e. The highest BCUT2D eigenvalue weighted by molar-refractivity contribution is 7.17. The van der Waals surface area contributed by atoms with Crippen molar-refractivity contribution in [2.75, 3.05) is 7.11 Å². The molecule has 0 aliphatic carbocycles. The van der Waals surface area contributed by atoms with Crippen LogP contribution in [0.2, 0.25) is 0 Å². The lowest BCUT2D eigenvalue weighted by Crippen LogP contribution is -1.88. The van der Waals surface area contributed by atoms with E-state index in [0.717, 1.165) is 21.2 Å². The van der Waals surface area contributed by atoms with E-state index in [1.165, 1.54) is 0 Å². The molecule has 0 aliphatic heterocycles. The van der Waals surface area contributed by atoms with Crippen LogP contribution in [0.1, 0.15) is 11.1 Å². The lowest BCUT2D eigenvalue weighted by molar-refractivity contribution is 0.185. The van der Waals surface area contributed by atoms with Crippen molar-refractivity contribution >= 4 is 21.4 Å². The molecular formula is C11H9NOS. The lowest BCUT2D eigenvalue weighted by Gasteiger charge is -2.01. The van der Waals surface area contributed by atoms with Gasteiger partial charge in [0.15, 0.2) is 0 Å². The first kappa shape index (κ1) is 9.20. The summed E-state index contributed by atoms with van der Waals surface area (Å²) < 4.78 is 6.11. The van der Waals surface area contributed by atoms with Gasteiger partial charge in [0.1, 0.15) is 6.07 Å². The molecule has 0 unspecified atom stereocenters. The van der Waals surface area contributed by atoms with E-state index >= 15 is 0 Å². The molecule has 70 valence electrons. The van der Waals surface area contributed by atoms with Gasteiger partial charge in [0.2, 0.25) is 0 Å². The molecule has 0 bridgehead atoms. The number of nitriles is 1. The number of thiophene rings is 1. The van der Waals surface area contributed by atoms with Gasteiger partial charge in [-0.25, -0.2) is 0 Å². The smallest absolute Gasteiger partial charge is 0.101 e. The molecular weight excluding hydrogens is 194 g/mol. The van der Waals surface area contributed by atoms with Crippen LogP contribution in [-0.2, 0) is 11.3 Å². The standard InChI is InChI=1S/C11H9NOS/c1-13-7-8-4-9-2-3-14-11(9)10(5-8)6-12/h2-5H,7H2,1H3.